The van der Waals surface area contributed by atoms with Crippen LogP contribution in [0.5, 0.6) is 0 Å². The van der Waals surface area contributed by atoms with E-state index in [9.17, 15) is 0 Å². The first kappa shape index (κ1) is 11.2. The molecule has 0 saturated heterocycles. The van der Waals surface area contributed by atoms with E-state index in [1.54, 1.807) is 0 Å². The van der Waals surface area contributed by atoms with Gasteiger partial charge < -0.3 is 4.57 Å². The first-order valence-corrected chi connectivity index (χ1v) is 5.87. The quantitative estimate of drug-likeness (QED) is 0.614. The lowest BCUT2D eigenvalue weighted by atomic mass is 10.2. The van der Waals surface area contributed by atoms with Crippen LogP contribution in [0, 0.1) is 19.3 Å². The van der Waals surface area contributed by atoms with E-state index in [0.29, 0.717) is 19.1 Å². The predicted molar refractivity (Wildman–Crippen MR) is 62.8 cm³/mol. The van der Waals surface area contributed by atoms with Crippen LogP contribution in [0.2, 0.25) is 0 Å². The van der Waals surface area contributed by atoms with Crippen molar-refractivity contribution in [1.82, 2.24) is 20.1 Å². The molecule has 1 aliphatic carbocycles. The molecule has 0 atom stereocenters. The molecule has 4 nitrogen and oxygen atoms in total. The Morgan fingerprint density at radius 3 is 2.88 bits per heavy atom. The Bertz CT molecular complexity index is 382. The average Bonchev–Trinajstić information content (AvgIpc) is 2.88. The second-order valence-electron chi connectivity index (χ2n) is 4.28. The van der Waals surface area contributed by atoms with Crippen molar-refractivity contribution in [3.63, 3.8) is 0 Å². The maximum absolute atomic E-state index is 5.20. The Morgan fingerprint density at radius 1 is 1.44 bits per heavy atom. The number of aryl methyl sites for hydroxylation is 1. The van der Waals surface area contributed by atoms with Crippen LogP contribution in [0.15, 0.2) is 0 Å². The average molecular weight is 218 g/mol. The van der Waals surface area contributed by atoms with Gasteiger partial charge in [-0.3, -0.25) is 5.32 Å². The van der Waals surface area contributed by atoms with Gasteiger partial charge in [0.15, 0.2) is 0 Å². The second-order valence-corrected chi connectivity index (χ2v) is 4.28. The van der Waals surface area contributed by atoms with Crippen LogP contribution in [0.1, 0.15) is 43.4 Å². The zero-order chi connectivity index (χ0) is 11.4. The fraction of sp³-hybridized carbons (Fsp3) is 0.667. The molecular weight excluding hydrogens is 200 g/mol. The zero-order valence-corrected chi connectivity index (χ0v) is 9.74. The highest BCUT2D eigenvalue weighted by Crippen LogP contribution is 2.30. The van der Waals surface area contributed by atoms with E-state index in [-0.39, 0.29) is 0 Å². The zero-order valence-electron chi connectivity index (χ0n) is 9.74. The molecule has 16 heavy (non-hydrogen) atoms. The number of hydrogen-bond donors (Lipinski definition) is 1. The number of terminal acetylenes is 1. The molecule has 4 heteroatoms. The van der Waals surface area contributed by atoms with Gasteiger partial charge in [-0.05, 0) is 19.8 Å². The van der Waals surface area contributed by atoms with Gasteiger partial charge in [-0.15, -0.1) is 16.6 Å². The third-order valence-electron chi connectivity index (χ3n) is 3.14. The largest absolute Gasteiger partial charge is 0.311 e. The maximum atomic E-state index is 5.20. The van der Waals surface area contributed by atoms with Crippen molar-refractivity contribution in [2.75, 3.05) is 6.54 Å². The third kappa shape index (κ3) is 2.25. The van der Waals surface area contributed by atoms with Crippen molar-refractivity contribution in [2.24, 2.45) is 0 Å². The fourth-order valence-electron chi connectivity index (χ4n) is 2.42. The van der Waals surface area contributed by atoms with Gasteiger partial charge in [0, 0.05) is 6.04 Å². The predicted octanol–water partition coefficient (Wildman–Crippen LogP) is 1.42. The monoisotopic (exact) mass is 218 g/mol. The molecule has 1 saturated carbocycles. The third-order valence-corrected chi connectivity index (χ3v) is 3.14. The van der Waals surface area contributed by atoms with Crippen LogP contribution in [0.3, 0.4) is 0 Å². The molecule has 1 aliphatic rings. The fourth-order valence-corrected chi connectivity index (χ4v) is 2.42. The Morgan fingerprint density at radius 2 is 2.19 bits per heavy atom. The molecule has 1 aromatic heterocycles. The summed E-state index contributed by atoms with van der Waals surface area (Å²) < 4.78 is 2.27. The van der Waals surface area contributed by atoms with E-state index in [1.165, 1.54) is 25.7 Å². The normalized spacial score (nSPS) is 16.5. The number of nitrogens with zero attached hydrogens (tertiary/aromatic N) is 3. The molecule has 0 radical (unpaired) electrons. The molecule has 0 aliphatic heterocycles. The SMILES string of the molecule is C#CCNCc1nnc(C)n1C1CCCC1. The minimum atomic E-state index is 0.580. The van der Waals surface area contributed by atoms with Gasteiger partial charge >= 0.3 is 0 Å². The van der Waals surface area contributed by atoms with Gasteiger partial charge in [0.05, 0.1) is 13.1 Å². The first-order valence-electron chi connectivity index (χ1n) is 5.87. The van der Waals surface area contributed by atoms with E-state index in [2.05, 4.69) is 26.0 Å². The molecular formula is C12H18N4. The number of aromatic nitrogens is 3. The summed E-state index contributed by atoms with van der Waals surface area (Å²) in [4.78, 5) is 0. The van der Waals surface area contributed by atoms with Crippen LogP contribution < -0.4 is 5.32 Å². The van der Waals surface area contributed by atoms with Crippen LogP contribution in [-0.2, 0) is 6.54 Å². The molecule has 1 N–H and O–H groups in total. The van der Waals surface area contributed by atoms with Crippen molar-refractivity contribution >= 4 is 0 Å². The lowest BCUT2D eigenvalue weighted by Crippen LogP contribution is -2.19. The Hall–Kier alpha value is -1.34. The van der Waals surface area contributed by atoms with Crippen molar-refractivity contribution in [2.45, 2.75) is 45.2 Å². The van der Waals surface area contributed by atoms with Crippen molar-refractivity contribution in [1.29, 1.82) is 0 Å². The summed E-state index contributed by atoms with van der Waals surface area (Å²) in [5.41, 5.74) is 0. The molecule has 0 amide bonds. The first-order chi connectivity index (χ1) is 7.83. The molecule has 1 aromatic rings. The highest BCUT2D eigenvalue weighted by molar-refractivity contribution is 4.99. The molecule has 1 fully saturated rings. The Kier molecular flexibility index (Phi) is 3.58. The smallest absolute Gasteiger partial charge is 0.147 e. The summed E-state index contributed by atoms with van der Waals surface area (Å²) in [6.07, 6.45) is 10.3. The van der Waals surface area contributed by atoms with Crippen molar-refractivity contribution in [3.8, 4) is 12.3 Å². The number of nitrogens with one attached hydrogen (secondary N) is 1. The van der Waals surface area contributed by atoms with Crippen LogP contribution in [0.25, 0.3) is 0 Å². The summed E-state index contributed by atoms with van der Waals surface area (Å²) in [6, 6.07) is 0.595. The maximum Gasteiger partial charge on any atom is 0.147 e. The minimum Gasteiger partial charge on any atom is -0.311 e. The van der Waals surface area contributed by atoms with Gasteiger partial charge in [-0.2, -0.15) is 0 Å². The van der Waals surface area contributed by atoms with E-state index in [0.717, 1.165) is 11.6 Å². The summed E-state index contributed by atoms with van der Waals surface area (Å²) in [5, 5.41) is 11.5. The van der Waals surface area contributed by atoms with Gasteiger partial charge in [-0.1, -0.05) is 18.8 Å². The van der Waals surface area contributed by atoms with E-state index in [1.807, 2.05) is 6.92 Å². The van der Waals surface area contributed by atoms with Crippen LogP contribution in [0.4, 0.5) is 0 Å². The van der Waals surface area contributed by atoms with E-state index in [4.69, 9.17) is 6.42 Å². The molecule has 0 spiro atoms. The highest BCUT2D eigenvalue weighted by Gasteiger charge is 2.21. The minimum absolute atomic E-state index is 0.580. The number of rotatable bonds is 4. The van der Waals surface area contributed by atoms with Gasteiger partial charge in [0.1, 0.15) is 11.6 Å². The summed E-state index contributed by atoms with van der Waals surface area (Å²) >= 11 is 0. The van der Waals surface area contributed by atoms with Crippen LogP contribution in [-0.4, -0.2) is 21.3 Å². The van der Waals surface area contributed by atoms with Crippen molar-refractivity contribution in [3.05, 3.63) is 11.6 Å². The van der Waals surface area contributed by atoms with Crippen molar-refractivity contribution < 1.29 is 0 Å². The van der Waals surface area contributed by atoms with E-state index >= 15 is 0 Å². The number of hydrogen-bond acceptors (Lipinski definition) is 3. The lowest BCUT2D eigenvalue weighted by Gasteiger charge is -2.15. The summed E-state index contributed by atoms with van der Waals surface area (Å²) in [5.74, 6) is 4.60. The summed E-state index contributed by atoms with van der Waals surface area (Å²) in [7, 11) is 0. The standard InChI is InChI=1S/C12H18N4/c1-3-8-13-9-12-15-14-10(2)16(12)11-6-4-5-7-11/h1,11,13H,4-9H2,2H3. The topological polar surface area (TPSA) is 42.7 Å². The summed E-state index contributed by atoms with van der Waals surface area (Å²) in [6.45, 7) is 3.31. The molecule has 86 valence electrons. The highest BCUT2D eigenvalue weighted by atomic mass is 15.3. The molecule has 0 bridgehead atoms. The Labute approximate surface area is 96.5 Å². The lowest BCUT2D eigenvalue weighted by molar-refractivity contribution is 0.478. The van der Waals surface area contributed by atoms with Crippen LogP contribution >= 0.6 is 0 Å². The molecule has 0 unspecified atom stereocenters. The van der Waals surface area contributed by atoms with Gasteiger partial charge in [0.2, 0.25) is 0 Å². The molecule has 2 rings (SSSR count). The van der Waals surface area contributed by atoms with E-state index < -0.39 is 0 Å². The van der Waals surface area contributed by atoms with Gasteiger partial charge in [-0.25, -0.2) is 0 Å². The van der Waals surface area contributed by atoms with Gasteiger partial charge in [0.25, 0.3) is 0 Å². The molecule has 1 heterocycles. The second kappa shape index (κ2) is 5.13. The molecule has 0 aromatic carbocycles. The Balaban J connectivity index is 2.09.